The first-order valence-corrected chi connectivity index (χ1v) is 8.44. The normalized spacial score (nSPS) is 12.4. The number of carbonyl (C=O) groups excluding carboxylic acids is 1. The molecule has 27 heavy (non-hydrogen) atoms. The summed E-state index contributed by atoms with van der Waals surface area (Å²) in [7, 11) is 0. The Hall–Kier alpha value is -2.45. The Morgan fingerprint density at radius 3 is 2.52 bits per heavy atom. The fraction of sp³-hybridized carbons (Fsp3) is 0.278. The molecule has 9 heteroatoms. The molecular weight excluding hydrogens is 385 g/mol. The Kier molecular flexibility index (Phi) is 6.92. The zero-order valence-electron chi connectivity index (χ0n) is 14.3. The molecule has 0 saturated heterocycles. The number of rotatable bonds is 6. The van der Waals surface area contributed by atoms with Crippen molar-refractivity contribution in [2.75, 3.05) is 17.2 Å². The lowest BCUT2D eigenvalue weighted by Gasteiger charge is -2.19. The van der Waals surface area contributed by atoms with Gasteiger partial charge in [-0.05, 0) is 30.7 Å². The summed E-state index contributed by atoms with van der Waals surface area (Å²) in [5.41, 5.74) is -0.367. The number of hydrogen-bond donors (Lipinski definition) is 3. The highest BCUT2D eigenvalue weighted by Gasteiger charge is 2.40. The SMILES string of the molecule is CCCOc1ccc(Cl)cc1NC(=O)Nc1ccccc1[C@H](O)C(F)(F)F. The summed E-state index contributed by atoms with van der Waals surface area (Å²) in [6.07, 6.45) is -6.83. The van der Waals surface area contributed by atoms with E-state index in [1.54, 1.807) is 12.1 Å². The van der Waals surface area contributed by atoms with E-state index in [2.05, 4.69) is 10.6 Å². The maximum Gasteiger partial charge on any atom is 0.418 e. The van der Waals surface area contributed by atoms with Crippen LogP contribution in [0.2, 0.25) is 5.02 Å². The molecule has 0 aromatic heterocycles. The molecule has 0 aliphatic heterocycles. The summed E-state index contributed by atoms with van der Waals surface area (Å²) in [4.78, 5) is 12.3. The molecule has 146 valence electrons. The number of aliphatic hydroxyl groups is 1. The number of aliphatic hydroxyl groups excluding tert-OH is 1. The molecular formula is C18H18ClF3N2O3. The molecule has 0 aliphatic rings. The van der Waals surface area contributed by atoms with Gasteiger partial charge in [0.25, 0.3) is 0 Å². The van der Waals surface area contributed by atoms with Crippen molar-refractivity contribution < 1.29 is 27.8 Å². The molecule has 2 amide bonds. The van der Waals surface area contributed by atoms with Gasteiger partial charge in [-0.15, -0.1) is 0 Å². The molecule has 0 fully saturated rings. The quantitative estimate of drug-likeness (QED) is 0.608. The van der Waals surface area contributed by atoms with Gasteiger partial charge in [0.2, 0.25) is 0 Å². The number of alkyl halides is 3. The second-order valence-corrected chi connectivity index (χ2v) is 6.04. The fourth-order valence-electron chi connectivity index (χ4n) is 2.24. The van der Waals surface area contributed by atoms with Crippen molar-refractivity contribution in [1.29, 1.82) is 0 Å². The fourth-order valence-corrected chi connectivity index (χ4v) is 2.41. The number of ether oxygens (including phenoxy) is 1. The van der Waals surface area contributed by atoms with E-state index >= 15 is 0 Å². The van der Waals surface area contributed by atoms with E-state index < -0.39 is 23.9 Å². The molecule has 0 aliphatic carbocycles. The van der Waals surface area contributed by atoms with E-state index in [1.165, 1.54) is 24.3 Å². The highest BCUT2D eigenvalue weighted by atomic mass is 35.5. The minimum absolute atomic E-state index is 0.169. The molecule has 0 spiro atoms. The lowest BCUT2D eigenvalue weighted by molar-refractivity contribution is -0.206. The summed E-state index contributed by atoms with van der Waals surface area (Å²) in [6, 6.07) is 8.94. The van der Waals surface area contributed by atoms with Crippen LogP contribution in [0.25, 0.3) is 0 Å². The van der Waals surface area contributed by atoms with Crippen LogP contribution in [0.3, 0.4) is 0 Å². The van der Waals surface area contributed by atoms with E-state index in [1.807, 2.05) is 6.92 Å². The molecule has 0 bridgehead atoms. The summed E-state index contributed by atoms with van der Waals surface area (Å²) < 4.78 is 43.9. The Bertz CT molecular complexity index is 800. The van der Waals surface area contributed by atoms with Crippen molar-refractivity contribution in [3.63, 3.8) is 0 Å². The Morgan fingerprint density at radius 1 is 1.19 bits per heavy atom. The minimum atomic E-state index is -4.86. The minimum Gasteiger partial charge on any atom is -0.491 e. The molecule has 0 heterocycles. The predicted octanol–water partition coefficient (Wildman–Crippen LogP) is 5.37. The van der Waals surface area contributed by atoms with Crippen LogP contribution in [0.4, 0.5) is 29.3 Å². The van der Waals surface area contributed by atoms with Crippen LogP contribution in [-0.4, -0.2) is 23.9 Å². The number of nitrogens with one attached hydrogen (secondary N) is 2. The first-order valence-electron chi connectivity index (χ1n) is 8.06. The molecule has 2 aromatic carbocycles. The monoisotopic (exact) mass is 402 g/mol. The Labute approximate surface area is 159 Å². The second-order valence-electron chi connectivity index (χ2n) is 5.60. The third kappa shape index (κ3) is 5.77. The molecule has 1 atom stereocenters. The number of benzene rings is 2. The lowest BCUT2D eigenvalue weighted by Crippen LogP contribution is -2.24. The van der Waals surface area contributed by atoms with Crippen LogP contribution in [0.15, 0.2) is 42.5 Å². The smallest absolute Gasteiger partial charge is 0.418 e. The standard InChI is InChI=1S/C18H18ClF3N2O3/c1-2-9-27-15-8-7-11(19)10-14(15)24-17(26)23-13-6-4-3-5-12(13)16(25)18(20,21)22/h3-8,10,16,25H,2,9H2,1H3,(H2,23,24,26)/t16-/m0/s1. The average Bonchev–Trinajstić information content (AvgIpc) is 2.60. The number of amides is 2. The van der Waals surface area contributed by atoms with Gasteiger partial charge in [-0.2, -0.15) is 13.2 Å². The van der Waals surface area contributed by atoms with E-state index in [0.29, 0.717) is 17.4 Å². The van der Waals surface area contributed by atoms with E-state index in [0.717, 1.165) is 12.5 Å². The Balaban J connectivity index is 2.19. The molecule has 0 radical (unpaired) electrons. The van der Waals surface area contributed by atoms with Crippen LogP contribution >= 0.6 is 11.6 Å². The first-order chi connectivity index (χ1) is 12.7. The number of carbonyl (C=O) groups is 1. The van der Waals surface area contributed by atoms with Crippen molar-refractivity contribution in [2.45, 2.75) is 25.6 Å². The molecule has 0 saturated carbocycles. The number of para-hydroxylation sites is 1. The second kappa shape index (κ2) is 8.96. The largest absolute Gasteiger partial charge is 0.491 e. The van der Waals surface area contributed by atoms with Crippen LogP contribution < -0.4 is 15.4 Å². The number of urea groups is 1. The third-order valence-corrected chi connectivity index (χ3v) is 3.70. The molecule has 5 nitrogen and oxygen atoms in total. The van der Waals surface area contributed by atoms with E-state index in [9.17, 15) is 23.1 Å². The number of hydrogen-bond acceptors (Lipinski definition) is 3. The van der Waals surface area contributed by atoms with Crippen molar-refractivity contribution in [1.82, 2.24) is 0 Å². The number of halogens is 4. The van der Waals surface area contributed by atoms with Gasteiger partial charge in [0.15, 0.2) is 6.10 Å². The topological polar surface area (TPSA) is 70.6 Å². The maximum absolute atomic E-state index is 12.8. The van der Waals surface area contributed by atoms with Gasteiger partial charge in [-0.25, -0.2) is 4.79 Å². The van der Waals surface area contributed by atoms with Gasteiger partial charge >= 0.3 is 12.2 Å². The summed E-state index contributed by atoms with van der Waals surface area (Å²) >= 11 is 5.93. The van der Waals surface area contributed by atoms with Crippen LogP contribution in [0, 0.1) is 0 Å². The Morgan fingerprint density at radius 2 is 1.85 bits per heavy atom. The van der Waals surface area contributed by atoms with Crippen molar-refractivity contribution >= 4 is 29.0 Å². The van der Waals surface area contributed by atoms with Crippen molar-refractivity contribution in [3.8, 4) is 5.75 Å². The molecule has 2 aromatic rings. The lowest BCUT2D eigenvalue weighted by atomic mass is 10.1. The van der Waals surface area contributed by atoms with Crippen LogP contribution in [0.5, 0.6) is 5.75 Å². The highest BCUT2D eigenvalue weighted by Crippen LogP contribution is 2.36. The van der Waals surface area contributed by atoms with Crippen molar-refractivity contribution in [2.24, 2.45) is 0 Å². The van der Waals surface area contributed by atoms with Gasteiger partial charge < -0.3 is 20.5 Å². The van der Waals surface area contributed by atoms with E-state index in [4.69, 9.17) is 16.3 Å². The molecule has 0 unspecified atom stereocenters. The zero-order chi connectivity index (χ0) is 20.0. The van der Waals surface area contributed by atoms with Gasteiger partial charge in [-0.1, -0.05) is 36.7 Å². The summed E-state index contributed by atoms with van der Waals surface area (Å²) in [5.74, 6) is 0.375. The number of anilines is 2. The summed E-state index contributed by atoms with van der Waals surface area (Å²) in [6.45, 7) is 2.33. The van der Waals surface area contributed by atoms with Gasteiger partial charge in [0.1, 0.15) is 5.75 Å². The third-order valence-electron chi connectivity index (χ3n) is 3.47. The molecule has 2 rings (SSSR count). The highest BCUT2D eigenvalue weighted by molar-refractivity contribution is 6.31. The maximum atomic E-state index is 12.8. The van der Waals surface area contributed by atoms with Gasteiger partial charge in [-0.3, -0.25) is 0 Å². The van der Waals surface area contributed by atoms with Crippen molar-refractivity contribution in [3.05, 3.63) is 53.1 Å². The van der Waals surface area contributed by atoms with Gasteiger partial charge in [0, 0.05) is 16.3 Å². The predicted molar refractivity (Wildman–Crippen MR) is 97.3 cm³/mol. The average molecular weight is 403 g/mol. The van der Waals surface area contributed by atoms with Gasteiger partial charge in [0.05, 0.1) is 12.3 Å². The van der Waals surface area contributed by atoms with E-state index in [-0.39, 0.29) is 11.4 Å². The van der Waals surface area contributed by atoms with Crippen LogP contribution in [0.1, 0.15) is 25.0 Å². The summed E-state index contributed by atoms with van der Waals surface area (Å²) in [5, 5.41) is 14.6. The zero-order valence-corrected chi connectivity index (χ0v) is 15.1. The van der Waals surface area contributed by atoms with Crippen LogP contribution in [-0.2, 0) is 0 Å². The first kappa shape index (κ1) is 20.9. The molecule has 3 N–H and O–H groups in total.